The van der Waals surface area contributed by atoms with E-state index in [0.29, 0.717) is 0 Å². The highest BCUT2D eigenvalue weighted by atomic mass is 32.2. The van der Waals surface area contributed by atoms with Crippen LogP contribution in [0.4, 0.5) is 0 Å². The normalized spacial score (nSPS) is 11.2. The standard InChI is InChI=1S/C13H19N3OS/c1-14-10-11-13(18-9-5-8-17-2)15-12-6-3-4-7-16(11)12/h3-4,6-7,14H,5,8-10H2,1-2H3. The van der Waals surface area contributed by atoms with E-state index in [0.717, 1.165) is 36.0 Å². The molecule has 98 valence electrons. The van der Waals surface area contributed by atoms with Crippen molar-refractivity contribution >= 4 is 17.4 Å². The van der Waals surface area contributed by atoms with Gasteiger partial charge in [-0.1, -0.05) is 6.07 Å². The van der Waals surface area contributed by atoms with Crippen LogP contribution >= 0.6 is 11.8 Å². The Morgan fingerprint density at radius 3 is 3.11 bits per heavy atom. The number of pyridine rings is 1. The topological polar surface area (TPSA) is 38.6 Å². The SMILES string of the molecule is CNCc1c(SCCCOC)nc2ccccn12. The van der Waals surface area contributed by atoms with Gasteiger partial charge in [0.15, 0.2) is 0 Å². The van der Waals surface area contributed by atoms with Gasteiger partial charge in [-0.25, -0.2) is 4.98 Å². The van der Waals surface area contributed by atoms with Gasteiger partial charge in [-0.3, -0.25) is 0 Å². The number of fused-ring (bicyclic) bond motifs is 1. The van der Waals surface area contributed by atoms with Crippen molar-refractivity contribution in [1.82, 2.24) is 14.7 Å². The van der Waals surface area contributed by atoms with Crippen molar-refractivity contribution in [1.29, 1.82) is 0 Å². The van der Waals surface area contributed by atoms with Crippen LogP contribution in [-0.2, 0) is 11.3 Å². The van der Waals surface area contributed by atoms with Crippen LogP contribution < -0.4 is 5.32 Å². The van der Waals surface area contributed by atoms with Gasteiger partial charge in [0.05, 0.1) is 5.69 Å². The lowest BCUT2D eigenvalue weighted by molar-refractivity contribution is 0.200. The second kappa shape index (κ2) is 6.78. The van der Waals surface area contributed by atoms with E-state index in [2.05, 4.69) is 20.9 Å². The number of methoxy groups -OCH3 is 1. The zero-order chi connectivity index (χ0) is 12.8. The molecule has 2 rings (SSSR count). The number of ether oxygens (including phenoxy) is 1. The Balaban J connectivity index is 2.17. The Hall–Kier alpha value is -1.04. The van der Waals surface area contributed by atoms with E-state index in [-0.39, 0.29) is 0 Å². The van der Waals surface area contributed by atoms with Crippen LogP contribution in [0.15, 0.2) is 29.4 Å². The molecule has 5 heteroatoms. The summed E-state index contributed by atoms with van der Waals surface area (Å²) in [4.78, 5) is 4.67. The molecule has 0 aliphatic heterocycles. The lowest BCUT2D eigenvalue weighted by atomic mass is 10.4. The van der Waals surface area contributed by atoms with E-state index in [1.807, 2.05) is 25.2 Å². The summed E-state index contributed by atoms with van der Waals surface area (Å²) in [6, 6.07) is 6.09. The summed E-state index contributed by atoms with van der Waals surface area (Å²) in [6.45, 7) is 1.64. The molecule has 0 saturated heterocycles. The number of thioether (sulfide) groups is 1. The predicted octanol–water partition coefficient (Wildman–Crippen LogP) is 2.18. The largest absolute Gasteiger partial charge is 0.385 e. The maximum Gasteiger partial charge on any atom is 0.138 e. The number of rotatable bonds is 7. The minimum Gasteiger partial charge on any atom is -0.385 e. The van der Waals surface area contributed by atoms with Gasteiger partial charge in [-0.2, -0.15) is 0 Å². The van der Waals surface area contributed by atoms with E-state index in [9.17, 15) is 0 Å². The molecule has 0 aliphatic rings. The molecule has 4 nitrogen and oxygen atoms in total. The highest BCUT2D eigenvalue weighted by Crippen LogP contribution is 2.24. The summed E-state index contributed by atoms with van der Waals surface area (Å²) < 4.78 is 7.21. The zero-order valence-corrected chi connectivity index (χ0v) is 11.7. The summed E-state index contributed by atoms with van der Waals surface area (Å²) >= 11 is 1.80. The monoisotopic (exact) mass is 265 g/mol. The van der Waals surface area contributed by atoms with E-state index in [4.69, 9.17) is 4.74 Å². The van der Waals surface area contributed by atoms with Gasteiger partial charge in [-0.05, 0) is 25.6 Å². The number of hydrogen-bond donors (Lipinski definition) is 1. The van der Waals surface area contributed by atoms with Crippen molar-refractivity contribution in [3.8, 4) is 0 Å². The fourth-order valence-corrected chi connectivity index (χ4v) is 2.79. The Labute approximate surface area is 112 Å². The molecule has 2 aromatic rings. The zero-order valence-electron chi connectivity index (χ0n) is 10.8. The Bertz CT molecular complexity index is 498. The van der Waals surface area contributed by atoms with E-state index in [1.54, 1.807) is 18.9 Å². The molecule has 0 aliphatic carbocycles. The van der Waals surface area contributed by atoms with Crippen LogP contribution in [0.3, 0.4) is 0 Å². The van der Waals surface area contributed by atoms with Gasteiger partial charge >= 0.3 is 0 Å². The molecule has 0 saturated carbocycles. The summed E-state index contributed by atoms with van der Waals surface area (Å²) in [6.07, 6.45) is 3.11. The van der Waals surface area contributed by atoms with Crippen LogP contribution in [0.1, 0.15) is 12.1 Å². The van der Waals surface area contributed by atoms with Crippen molar-refractivity contribution in [2.24, 2.45) is 0 Å². The number of imidazole rings is 1. The molecule has 1 N–H and O–H groups in total. The van der Waals surface area contributed by atoms with Crippen molar-refractivity contribution in [2.75, 3.05) is 26.5 Å². The molecule has 0 spiro atoms. The van der Waals surface area contributed by atoms with E-state index in [1.165, 1.54) is 5.69 Å². The lowest BCUT2D eigenvalue weighted by Gasteiger charge is -2.03. The molecule has 0 unspecified atom stereocenters. The third-order valence-electron chi connectivity index (χ3n) is 2.67. The predicted molar refractivity (Wildman–Crippen MR) is 75.2 cm³/mol. The molecule has 0 fully saturated rings. The molecule has 0 atom stereocenters. The Morgan fingerprint density at radius 1 is 1.44 bits per heavy atom. The molecule has 0 radical (unpaired) electrons. The fourth-order valence-electron chi connectivity index (χ4n) is 1.84. The summed E-state index contributed by atoms with van der Waals surface area (Å²) in [5.74, 6) is 1.04. The summed E-state index contributed by atoms with van der Waals surface area (Å²) in [5, 5.41) is 4.32. The number of aromatic nitrogens is 2. The van der Waals surface area contributed by atoms with Gasteiger partial charge < -0.3 is 14.5 Å². The van der Waals surface area contributed by atoms with Gasteiger partial charge in [0.2, 0.25) is 0 Å². The number of nitrogens with one attached hydrogen (secondary N) is 1. The fraction of sp³-hybridized carbons (Fsp3) is 0.462. The maximum absolute atomic E-state index is 5.07. The molecule has 0 amide bonds. The average Bonchev–Trinajstić information content (AvgIpc) is 2.74. The van der Waals surface area contributed by atoms with Crippen molar-refractivity contribution in [3.05, 3.63) is 30.1 Å². The van der Waals surface area contributed by atoms with Crippen molar-refractivity contribution < 1.29 is 4.74 Å². The molecule has 0 aromatic carbocycles. The first-order valence-electron chi connectivity index (χ1n) is 6.09. The number of hydrogen-bond acceptors (Lipinski definition) is 4. The first kappa shape index (κ1) is 13.4. The smallest absolute Gasteiger partial charge is 0.138 e. The highest BCUT2D eigenvalue weighted by molar-refractivity contribution is 7.99. The van der Waals surface area contributed by atoms with Crippen LogP contribution in [0, 0.1) is 0 Å². The van der Waals surface area contributed by atoms with Crippen molar-refractivity contribution in [2.45, 2.75) is 18.0 Å². The highest BCUT2D eigenvalue weighted by Gasteiger charge is 2.11. The first-order valence-corrected chi connectivity index (χ1v) is 7.07. The minimum atomic E-state index is 0.807. The number of nitrogens with zero attached hydrogens (tertiary/aromatic N) is 2. The average molecular weight is 265 g/mol. The quantitative estimate of drug-likeness (QED) is 0.615. The van der Waals surface area contributed by atoms with Crippen molar-refractivity contribution in [3.63, 3.8) is 0 Å². The molecular formula is C13H19N3OS. The van der Waals surface area contributed by atoms with E-state index >= 15 is 0 Å². The Kier molecular flexibility index (Phi) is 5.04. The molecule has 2 aromatic heterocycles. The van der Waals surface area contributed by atoms with Gasteiger partial charge in [0.25, 0.3) is 0 Å². The second-order valence-electron chi connectivity index (χ2n) is 4.02. The molecular weight excluding hydrogens is 246 g/mol. The summed E-state index contributed by atoms with van der Waals surface area (Å²) in [7, 11) is 3.70. The van der Waals surface area contributed by atoms with Crippen LogP contribution in [-0.4, -0.2) is 35.9 Å². The third-order valence-corrected chi connectivity index (χ3v) is 3.76. The molecule has 18 heavy (non-hydrogen) atoms. The minimum absolute atomic E-state index is 0.807. The molecule has 2 heterocycles. The first-order chi connectivity index (χ1) is 8.86. The Morgan fingerprint density at radius 2 is 2.33 bits per heavy atom. The van der Waals surface area contributed by atoms with Gasteiger partial charge in [0.1, 0.15) is 10.7 Å². The summed E-state index contributed by atoms with van der Waals surface area (Å²) in [5.41, 5.74) is 2.24. The third kappa shape index (κ3) is 3.04. The van der Waals surface area contributed by atoms with Crippen LogP contribution in [0.5, 0.6) is 0 Å². The second-order valence-corrected chi connectivity index (χ2v) is 5.10. The van der Waals surface area contributed by atoms with Gasteiger partial charge in [0, 0.05) is 32.2 Å². The lowest BCUT2D eigenvalue weighted by Crippen LogP contribution is -2.08. The maximum atomic E-state index is 5.07. The van der Waals surface area contributed by atoms with E-state index < -0.39 is 0 Å². The van der Waals surface area contributed by atoms with Gasteiger partial charge in [-0.15, -0.1) is 11.8 Å². The van der Waals surface area contributed by atoms with Crippen LogP contribution in [0.25, 0.3) is 5.65 Å². The van der Waals surface area contributed by atoms with Crippen LogP contribution in [0.2, 0.25) is 0 Å². The molecule has 0 bridgehead atoms.